The number of carbonyl (C=O) groups is 1. The van der Waals surface area contributed by atoms with Crippen LogP contribution in [0.4, 0.5) is 0 Å². The molecule has 3 rings (SSSR count). The van der Waals surface area contributed by atoms with Crippen LogP contribution in [0.3, 0.4) is 0 Å². The number of hydrazone groups is 1. The summed E-state index contributed by atoms with van der Waals surface area (Å²) in [5, 5.41) is 5.24. The number of methoxy groups -OCH3 is 2. The number of fused-ring (bicyclic) bond motifs is 1. The number of hydrogen-bond donors (Lipinski definition) is 1. The molecule has 0 unspecified atom stereocenters. The summed E-state index contributed by atoms with van der Waals surface area (Å²) in [4.78, 5) is 16.6. The van der Waals surface area contributed by atoms with E-state index in [1.54, 1.807) is 18.2 Å². The maximum Gasteiger partial charge on any atom is 0.271 e. The summed E-state index contributed by atoms with van der Waals surface area (Å²) >= 11 is 6.22. The molecule has 138 valence electrons. The monoisotopic (exact) mass is 383 g/mol. The maximum atomic E-state index is 12.3. The van der Waals surface area contributed by atoms with Gasteiger partial charge in [-0.05, 0) is 42.8 Å². The average molecular weight is 384 g/mol. The van der Waals surface area contributed by atoms with Crippen molar-refractivity contribution < 1.29 is 14.3 Å². The van der Waals surface area contributed by atoms with E-state index >= 15 is 0 Å². The molecule has 0 radical (unpaired) electrons. The molecule has 1 heterocycles. The van der Waals surface area contributed by atoms with Gasteiger partial charge in [0.25, 0.3) is 5.91 Å². The minimum Gasteiger partial charge on any atom is -0.493 e. The third-order valence-corrected chi connectivity index (χ3v) is 4.27. The van der Waals surface area contributed by atoms with E-state index < -0.39 is 0 Å². The summed E-state index contributed by atoms with van der Waals surface area (Å²) in [5.74, 6) is 0.626. The quantitative estimate of drug-likeness (QED) is 0.411. The number of rotatable bonds is 5. The number of hydrogen-bond acceptors (Lipinski definition) is 5. The van der Waals surface area contributed by atoms with Crippen LogP contribution in [0.5, 0.6) is 11.5 Å². The molecule has 0 aliphatic carbocycles. The SMILES string of the molecule is COc1ccc(C(=O)N/N=C/c2cc3ccc(C)cc3nc2Cl)cc1OC. The Labute approximate surface area is 161 Å². The lowest BCUT2D eigenvalue weighted by Gasteiger charge is -2.08. The second-order valence-electron chi connectivity index (χ2n) is 5.83. The first kappa shape index (κ1) is 18.7. The lowest BCUT2D eigenvalue weighted by molar-refractivity contribution is 0.0954. The first-order chi connectivity index (χ1) is 13.0. The Balaban J connectivity index is 1.77. The Bertz CT molecular complexity index is 1030. The van der Waals surface area contributed by atoms with E-state index in [2.05, 4.69) is 15.5 Å². The van der Waals surface area contributed by atoms with Crippen LogP contribution < -0.4 is 14.9 Å². The zero-order chi connectivity index (χ0) is 19.4. The average Bonchev–Trinajstić information content (AvgIpc) is 2.67. The van der Waals surface area contributed by atoms with Crippen molar-refractivity contribution in [2.24, 2.45) is 5.10 Å². The van der Waals surface area contributed by atoms with Crippen LogP contribution in [0.1, 0.15) is 21.5 Å². The van der Waals surface area contributed by atoms with Gasteiger partial charge in [0.15, 0.2) is 11.5 Å². The summed E-state index contributed by atoms with van der Waals surface area (Å²) in [5.41, 5.74) is 5.39. The van der Waals surface area contributed by atoms with Crippen molar-refractivity contribution in [3.05, 3.63) is 64.3 Å². The normalized spacial score (nSPS) is 11.0. The molecule has 1 aromatic heterocycles. The highest BCUT2D eigenvalue weighted by molar-refractivity contribution is 6.32. The molecule has 2 aromatic carbocycles. The summed E-state index contributed by atoms with van der Waals surface area (Å²) in [6.45, 7) is 1.99. The molecule has 1 N–H and O–H groups in total. The summed E-state index contributed by atoms with van der Waals surface area (Å²) in [6.07, 6.45) is 1.47. The fraction of sp³-hybridized carbons (Fsp3) is 0.150. The maximum absolute atomic E-state index is 12.3. The molecule has 0 bridgehead atoms. The zero-order valence-electron chi connectivity index (χ0n) is 15.1. The van der Waals surface area contributed by atoms with E-state index in [0.717, 1.165) is 16.5 Å². The van der Waals surface area contributed by atoms with Gasteiger partial charge in [-0.1, -0.05) is 23.7 Å². The number of carbonyl (C=O) groups excluding carboxylic acids is 1. The molecule has 0 aliphatic rings. The van der Waals surface area contributed by atoms with Gasteiger partial charge in [0.1, 0.15) is 5.15 Å². The molecule has 6 nitrogen and oxygen atoms in total. The van der Waals surface area contributed by atoms with E-state index in [1.807, 2.05) is 31.2 Å². The van der Waals surface area contributed by atoms with Gasteiger partial charge in [-0.25, -0.2) is 10.4 Å². The fourth-order valence-corrected chi connectivity index (χ4v) is 2.76. The van der Waals surface area contributed by atoms with Crippen molar-refractivity contribution in [3.63, 3.8) is 0 Å². The Morgan fingerprint density at radius 1 is 1.11 bits per heavy atom. The van der Waals surface area contributed by atoms with Gasteiger partial charge < -0.3 is 9.47 Å². The predicted molar refractivity (Wildman–Crippen MR) is 106 cm³/mol. The Kier molecular flexibility index (Phi) is 5.57. The second-order valence-corrected chi connectivity index (χ2v) is 6.19. The van der Waals surface area contributed by atoms with Crippen molar-refractivity contribution in [3.8, 4) is 11.5 Å². The molecular formula is C20H18ClN3O3. The molecule has 3 aromatic rings. The molecule has 0 atom stereocenters. The van der Waals surface area contributed by atoms with Gasteiger partial charge in [0.2, 0.25) is 0 Å². The minimum atomic E-state index is -0.382. The van der Waals surface area contributed by atoms with E-state index in [9.17, 15) is 4.79 Å². The van der Waals surface area contributed by atoms with E-state index in [0.29, 0.717) is 27.8 Å². The number of aromatic nitrogens is 1. The smallest absolute Gasteiger partial charge is 0.271 e. The Hall–Kier alpha value is -3.12. The molecule has 0 saturated carbocycles. The summed E-state index contributed by atoms with van der Waals surface area (Å²) in [6, 6.07) is 12.7. The van der Waals surface area contributed by atoms with Crippen molar-refractivity contribution in [2.45, 2.75) is 6.92 Å². The first-order valence-electron chi connectivity index (χ1n) is 8.14. The number of nitrogens with zero attached hydrogens (tertiary/aromatic N) is 2. The van der Waals surface area contributed by atoms with Crippen LogP contribution in [0.15, 0.2) is 47.6 Å². The number of benzene rings is 2. The molecular weight excluding hydrogens is 366 g/mol. The highest BCUT2D eigenvalue weighted by atomic mass is 35.5. The van der Waals surface area contributed by atoms with Crippen LogP contribution in [-0.2, 0) is 0 Å². The highest BCUT2D eigenvalue weighted by Gasteiger charge is 2.10. The van der Waals surface area contributed by atoms with Gasteiger partial charge >= 0.3 is 0 Å². The lowest BCUT2D eigenvalue weighted by atomic mass is 10.1. The highest BCUT2D eigenvalue weighted by Crippen LogP contribution is 2.27. The van der Waals surface area contributed by atoms with Crippen LogP contribution in [0.25, 0.3) is 10.9 Å². The molecule has 1 amide bonds. The topological polar surface area (TPSA) is 72.8 Å². The van der Waals surface area contributed by atoms with Gasteiger partial charge in [0.05, 0.1) is 26.0 Å². The van der Waals surface area contributed by atoms with Gasteiger partial charge in [-0.2, -0.15) is 5.10 Å². The summed E-state index contributed by atoms with van der Waals surface area (Å²) in [7, 11) is 3.04. The molecule has 0 saturated heterocycles. The number of halogens is 1. The fourth-order valence-electron chi connectivity index (χ4n) is 2.56. The molecule has 0 fully saturated rings. The number of aryl methyl sites for hydroxylation is 1. The molecule has 0 spiro atoms. The van der Waals surface area contributed by atoms with E-state index in [-0.39, 0.29) is 5.91 Å². The Morgan fingerprint density at radius 2 is 1.89 bits per heavy atom. The van der Waals surface area contributed by atoms with Crippen LogP contribution in [0, 0.1) is 6.92 Å². The summed E-state index contributed by atoms with van der Waals surface area (Å²) < 4.78 is 10.4. The second kappa shape index (κ2) is 8.05. The van der Waals surface area contributed by atoms with E-state index in [1.165, 1.54) is 20.4 Å². The van der Waals surface area contributed by atoms with Gasteiger partial charge in [-0.3, -0.25) is 4.79 Å². The van der Waals surface area contributed by atoms with Crippen LogP contribution in [0.2, 0.25) is 5.15 Å². The Morgan fingerprint density at radius 3 is 2.63 bits per heavy atom. The largest absolute Gasteiger partial charge is 0.493 e. The third kappa shape index (κ3) is 4.17. The van der Waals surface area contributed by atoms with Crippen molar-refractivity contribution >= 4 is 34.6 Å². The molecule has 27 heavy (non-hydrogen) atoms. The van der Waals surface area contributed by atoms with Gasteiger partial charge in [-0.15, -0.1) is 0 Å². The molecule has 0 aliphatic heterocycles. The standard InChI is InChI=1S/C20H18ClN3O3/c1-12-4-5-13-9-15(19(21)23-16(13)8-12)11-22-24-20(25)14-6-7-17(26-2)18(10-14)27-3/h4-11H,1-3H3,(H,24,25)/b22-11+. The van der Waals surface area contributed by atoms with Crippen LogP contribution >= 0.6 is 11.6 Å². The number of pyridine rings is 1. The van der Waals surface area contributed by atoms with Crippen molar-refractivity contribution in [2.75, 3.05) is 14.2 Å². The number of nitrogens with one attached hydrogen (secondary N) is 1. The third-order valence-electron chi connectivity index (χ3n) is 3.97. The first-order valence-corrected chi connectivity index (χ1v) is 8.52. The number of ether oxygens (including phenoxy) is 2. The zero-order valence-corrected chi connectivity index (χ0v) is 15.9. The molecule has 7 heteroatoms. The van der Waals surface area contributed by atoms with Crippen LogP contribution in [-0.4, -0.2) is 31.3 Å². The minimum absolute atomic E-state index is 0.317. The predicted octanol–water partition coefficient (Wildman–Crippen LogP) is 3.98. The number of amides is 1. The van der Waals surface area contributed by atoms with Crippen molar-refractivity contribution in [1.29, 1.82) is 0 Å². The lowest BCUT2D eigenvalue weighted by Crippen LogP contribution is -2.17. The van der Waals surface area contributed by atoms with Gasteiger partial charge in [0, 0.05) is 16.5 Å². The van der Waals surface area contributed by atoms with Crippen molar-refractivity contribution in [1.82, 2.24) is 10.4 Å². The van der Waals surface area contributed by atoms with E-state index in [4.69, 9.17) is 21.1 Å².